The molecule has 2 heteroatoms. The normalized spacial score (nSPS) is 32.1. The number of nitrogens with two attached hydrogens (primary N) is 1. The number of nitrogens with one attached hydrogen (secondary N) is 1. The van der Waals surface area contributed by atoms with E-state index in [1.54, 1.807) is 0 Å². The third-order valence-electron chi connectivity index (χ3n) is 4.15. The largest absolute Gasteiger partial charge is 0.329 e. The molecule has 3 N–H and O–H groups in total. The van der Waals surface area contributed by atoms with Crippen molar-refractivity contribution in [2.45, 2.75) is 71.4 Å². The van der Waals surface area contributed by atoms with Crippen molar-refractivity contribution in [3.05, 3.63) is 0 Å². The molecular weight excluding hydrogens is 196 g/mol. The lowest BCUT2D eigenvalue weighted by Gasteiger charge is -2.35. The lowest BCUT2D eigenvalue weighted by Crippen LogP contribution is -2.53. The number of rotatable bonds is 4. The monoisotopic (exact) mass is 226 g/mol. The van der Waals surface area contributed by atoms with Gasteiger partial charge in [0.25, 0.3) is 0 Å². The highest BCUT2D eigenvalue weighted by Gasteiger charge is 2.32. The van der Waals surface area contributed by atoms with Crippen LogP contribution in [0, 0.1) is 11.8 Å². The van der Waals surface area contributed by atoms with Gasteiger partial charge >= 0.3 is 0 Å². The molecule has 96 valence electrons. The van der Waals surface area contributed by atoms with Crippen LogP contribution in [-0.4, -0.2) is 18.1 Å². The van der Waals surface area contributed by atoms with Crippen molar-refractivity contribution >= 4 is 0 Å². The maximum absolute atomic E-state index is 6.02. The Morgan fingerprint density at radius 1 is 1.19 bits per heavy atom. The second-order valence-corrected chi connectivity index (χ2v) is 6.22. The predicted molar refractivity (Wildman–Crippen MR) is 71.5 cm³/mol. The van der Waals surface area contributed by atoms with E-state index in [1.807, 2.05) is 0 Å². The zero-order valence-corrected chi connectivity index (χ0v) is 11.6. The van der Waals surface area contributed by atoms with Gasteiger partial charge in [-0.25, -0.2) is 0 Å². The molecule has 1 aliphatic rings. The van der Waals surface area contributed by atoms with E-state index >= 15 is 0 Å². The highest BCUT2D eigenvalue weighted by Crippen LogP contribution is 2.33. The van der Waals surface area contributed by atoms with Crippen LogP contribution < -0.4 is 11.1 Å². The van der Waals surface area contributed by atoms with Crippen molar-refractivity contribution in [3.8, 4) is 0 Å². The highest BCUT2D eigenvalue weighted by molar-refractivity contribution is 4.93. The molecule has 2 atom stereocenters. The molecule has 2 unspecified atom stereocenters. The molecule has 0 aromatic carbocycles. The van der Waals surface area contributed by atoms with E-state index in [0.29, 0.717) is 6.04 Å². The summed E-state index contributed by atoms with van der Waals surface area (Å²) in [4.78, 5) is 0. The van der Waals surface area contributed by atoms with Crippen molar-refractivity contribution < 1.29 is 0 Å². The molecule has 0 spiro atoms. The molecule has 0 aromatic rings. The SMILES string of the molecule is CC(C)NC1(CN)CCCC(C(C)C)CC1. The summed E-state index contributed by atoms with van der Waals surface area (Å²) in [5.41, 5.74) is 6.24. The Bertz CT molecular complexity index is 201. The van der Waals surface area contributed by atoms with E-state index in [-0.39, 0.29) is 5.54 Å². The van der Waals surface area contributed by atoms with Crippen molar-refractivity contribution in [1.82, 2.24) is 5.32 Å². The third-order valence-corrected chi connectivity index (χ3v) is 4.15. The molecule has 0 heterocycles. The van der Waals surface area contributed by atoms with Gasteiger partial charge in [-0.15, -0.1) is 0 Å². The zero-order valence-electron chi connectivity index (χ0n) is 11.6. The average molecular weight is 226 g/mol. The zero-order chi connectivity index (χ0) is 12.2. The Morgan fingerprint density at radius 2 is 1.88 bits per heavy atom. The summed E-state index contributed by atoms with van der Waals surface area (Å²) in [5, 5.41) is 3.72. The lowest BCUT2D eigenvalue weighted by molar-refractivity contribution is 0.261. The van der Waals surface area contributed by atoms with Crippen molar-refractivity contribution in [2.75, 3.05) is 6.54 Å². The van der Waals surface area contributed by atoms with Crippen LogP contribution in [0.2, 0.25) is 0 Å². The van der Waals surface area contributed by atoms with Crippen molar-refractivity contribution in [2.24, 2.45) is 17.6 Å². The number of hydrogen-bond donors (Lipinski definition) is 2. The molecule has 0 amide bonds. The van der Waals surface area contributed by atoms with E-state index < -0.39 is 0 Å². The summed E-state index contributed by atoms with van der Waals surface area (Å²) in [5.74, 6) is 1.73. The Labute approximate surface area is 101 Å². The summed E-state index contributed by atoms with van der Waals surface area (Å²) in [6.45, 7) is 9.95. The van der Waals surface area contributed by atoms with Gasteiger partial charge in [-0.1, -0.05) is 40.5 Å². The first kappa shape index (κ1) is 14.0. The minimum Gasteiger partial charge on any atom is -0.329 e. The van der Waals surface area contributed by atoms with Crippen molar-refractivity contribution in [3.63, 3.8) is 0 Å². The summed E-state index contributed by atoms with van der Waals surface area (Å²) < 4.78 is 0. The second-order valence-electron chi connectivity index (χ2n) is 6.22. The van der Waals surface area contributed by atoms with Crippen LogP contribution >= 0.6 is 0 Å². The van der Waals surface area contributed by atoms with Crippen LogP contribution in [0.5, 0.6) is 0 Å². The molecule has 0 aromatic heterocycles. The quantitative estimate of drug-likeness (QED) is 0.723. The fourth-order valence-corrected chi connectivity index (χ4v) is 3.12. The van der Waals surface area contributed by atoms with Crippen LogP contribution in [0.4, 0.5) is 0 Å². The summed E-state index contributed by atoms with van der Waals surface area (Å²) in [6, 6.07) is 0.541. The minimum absolute atomic E-state index is 0.220. The van der Waals surface area contributed by atoms with Gasteiger partial charge in [0.05, 0.1) is 0 Å². The van der Waals surface area contributed by atoms with Gasteiger partial charge in [-0.3, -0.25) is 0 Å². The molecule has 1 aliphatic carbocycles. The molecule has 0 radical (unpaired) electrons. The molecule has 16 heavy (non-hydrogen) atoms. The molecule has 1 saturated carbocycles. The van der Waals surface area contributed by atoms with Crippen LogP contribution in [0.15, 0.2) is 0 Å². The van der Waals surface area contributed by atoms with Crippen LogP contribution in [0.3, 0.4) is 0 Å². The third kappa shape index (κ3) is 3.74. The lowest BCUT2D eigenvalue weighted by atomic mass is 9.86. The minimum atomic E-state index is 0.220. The first-order valence-corrected chi connectivity index (χ1v) is 6.97. The topological polar surface area (TPSA) is 38.0 Å². The average Bonchev–Trinajstić information content (AvgIpc) is 2.40. The molecule has 2 nitrogen and oxygen atoms in total. The van der Waals surface area contributed by atoms with Crippen LogP contribution in [0.25, 0.3) is 0 Å². The van der Waals surface area contributed by atoms with E-state index in [4.69, 9.17) is 5.73 Å². The smallest absolute Gasteiger partial charge is 0.0306 e. The molecule has 1 fully saturated rings. The summed E-state index contributed by atoms with van der Waals surface area (Å²) in [7, 11) is 0. The van der Waals surface area contributed by atoms with Crippen molar-refractivity contribution in [1.29, 1.82) is 0 Å². The molecular formula is C14H30N2. The van der Waals surface area contributed by atoms with Crippen LogP contribution in [-0.2, 0) is 0 Å². The first-order chi connectivity index (χ1) is 7.49. The fraction of sp³-hybridized carbons (Fsp3) is 1.00. The molecule has 0 aliphatic heterocycles. The summed E-state index contributed by atoms with van der Waals surface area (Å²) in [6.07, 6.45) is 6.57. The van der Waals surface area contributed by atoms with Gasteiger partial charge in [0.15, 0.2) is 0 Å². The Morgan fingerprint density at radius 3 is 2.38 bits per heavy atom. The maximum atomic E-state index is 6.02. The Kier molecular flexibility index (Phi) is 5.26. The van der Waals surface area contributed by atoms with E-state index in [0.717, 1.165) is 18.4 Å². The Hall–Kier alpha value is -0.0800. The van der Waals surface area contributed by atoms with Gasteiger partial charge in [0.2, 0.25) is 0 Å². The summed E-state index contributed by atoms with van der Waals surface area (Å²) >= 11 is 0. The first-order valence-electron chi connectivity index (χ1n) is 6.97. The van der Waals surface area contributed by atoms with Gasteiger partial charge in [0, 0.05) is 18.1 Å². The van der Waals surface area contributed by atoms with Gasteiger partial charge in [-0.2, -0.15) is 0 Å². The van der Waals surface area contributed by atoms with Gasteiger partial charge in [-0.05, 0) is 31.1 Å². The highest BCUT2D eigenvalue weighted by atomic mass is 15.0. The van der Waals surface area contributed by atoms with Gasteiger partial charge < -0.3 is 11.1 Å². The predicted octanol–water partition coefficient (Wildman–Crippen LogP) is 2.92. The maximum Gasteiger partial charge on any atom is 0.0306 e. The van der Waals surface area contributed by atoms with Gasteiger partial charge in [0.1, 0.15) is 0 Å². The Balaban J connectivity index is 2.60. The van der Waals surface area contributed by atoms with E-state index in [9.17, 15) is 0 Å². The standard InChI is InChI=1S/C14H30N2/c1-11(2)13-6-5-8-14(10-15,9-7-13)16-12(3)4/h11-13,16H,5-10,15H2,1-4H3. The van der Waals surface area contributed by atoms with E-state index in [2.05, 4.69) is 33.0 Å². The van der Waals surface area contributed by atoms with E-state index in [1.165, 1.54) is 32.1 Å². The second kappa shape index (κ2) is 6.02. The molecule has 0 bridgehead atoms. The molecule has 0 saturated heterocycles. The number of hydrogen-bond acceptors (Lipinski definition) is 2. The van der Waals surface area contributed by atoms with Crippen LogP contribution in [0.1, 0.15) is 59.8 Å². The molecule has 1 rings (SSSR count). The fourth-order valence-electron chi connectivity index (χ4n) is 3.12.